The zero-order chi connectivity index (χ0) is 20.1. The Labute approximate surface area is 175 Å². The molecule has 29 heavy (non-hydrogen) atoms. The number of anilines is 2. The van der Waals surface area contributed by atoms with E-state index < -0.39 is 0 Å². The SMILES string of the molecule is CCc1ccc(N2CN=c3sc(=C4C(=O)Nc5ccc(Cl)cc54)c(=O)n3C2)cc1. The van der Waals surface area contributed by atoms with Crippen molar-refractivity contribution in [3.63, 3.8) is 0 Å². The van der Waals surface area contributed by atoms with E-state index in [1.807, 2.05) is 4.90 Å². The molecule has 0 spiro atoms. The second kappa shape index (κ2) is 6.86. The second-order valence-electron chi connectivity index (χ2n) is 6.97. The molecule has 1 aromatic heterocycles. The molecular formula is C21H17ClN4O2S. The second-order valence-corrected chi connectivity index (χ2v) is 8.38. The molecule has 1 N–H and O–H groups in total. The predicted molar refractivity (Wildman–Crippen MR) is 115 cm³/mol. The van der Waals surface area contributed by atoms with Crippen LogP contribution in [0.15, 0.2) is 52.3 Å². The summed E-state index contributed by atoms with van der Waals surface area (Å²) in [5, 5.41) is 3.33. The van der Waals surface area contributed by atoms with E-state index in [4.69, 9.17) is 11.6 Å². The van der Waals surface area contributed by atoms with Crippen LogP contribution in [0, 0.1) is 0 Å². The summed E-state index contributed by atoms with van der Waals surface area (Å²) in [5.41, 5.74) is 3.76. The molecule has 6 nitrogen and oxygen atoms in total. The standard InChI is InChI=1S/C21H17ClN4O2S/c1-2-12-3-6-14(7-4-12)25-10-23-21-26(11-25)20(28)18(29-21)17-15-9-13(22)5-8-16(15)24-19(17)27/h3-9H,2,10-11H2,1H3,(H,24,27). The molecule has 0 saturated heterocycles. The van der Waals surface area contributed by atoms with Crippen molar-refractivity contribution in [1.29, 1.82) is 0 Å². The number of fused-ring (bicyclic) bond motifs is 2. The van der Waals surface area contributed by atoms with Crippen LogP contribution >= 0.6 is 22.9 Å². The third kappa shape index (κ3) is 2.97. The van der Waals surface area contributed by atoms with E-state index in [9.17, 15) is 9.59 Å². The van der Waals surface area contributed by atoms with Gasteiger partial charge in [-0.2, -0.15) is 0 Å². The number of aromatic nitrogens is 1. The van der Waals surface area contributed by atoms with Crippen LogP contribution in [0.25, 0.3) is 5.57 Å². The zero-order valence-corrected chi connectivity index (χ0v) is 17.2. The lowest BCUT2D eigenvalue weighted by atomic mass is 10.1. The Bertz CT molecular complexity index is 1320. The Morgan fingerprint density at radius 3 is 2.72 bits per heavy atom. The van der Waals surface area contributed by atoms with Crippen molar-refractivity contribution >= 4 is 45.8 Å². The first-order valence-electron chi connectivity index (χ1n) is 9.28. The number of halogens is 1. The summed E-state index contributed by atoms with van der Waals surface area (Å²) in [6, 6.07) is 13.5. The van der Waals surface area contributed by atoms with Crippen LogP contribution in [-0.2, 0) is 17.9 Å². The number of hydrogen-bond donors (Lipinski definition) is 1. The average molecular weight is 425 g/mol. The van der Waals surface area contributed by atoms with Crippen molar-refractivity contribution in [3.05, 3.63) is 78.3 Å². The van der Waals surface area contributed by atoms with Gasteiger partial charge in [-0.1, -0.05) is 42.0 Å². The van der Waals surface area contributed by atoms with Crippen molar-refractivity contribution in [2.24, 2.45) is 4.99 Å². The third-order valence-corrected chi connectivity index (χ3v) is 6.57. The van der Waals surface area contributed by atoms with E-state index in [0.717, 1.165) is 12.1 Å². The van der Waals surface area contributed by atoms with Gasteiger partial charge < -0.3 is 10.2 Å². The molecule has 0 bridgehead atoms. The highest BCUT2D eigenvalue weighted by atomic mass is 35.5. The van der Waals surface area contributed by atoms with E-state index >= 15 is 0 Å². The van der Waals surface area contributed by atoms with Gasteiger partial charge in [-0.25, -0.2) is 4.99 Å². The van der Waals surface area contributed by atoms with Crippen LogP contribution in [0.4, 0.5) is 11.4 Å². The van der Waals surface area contributed by atoms with Crippen LogP contribution < -0.4 is 25.1 Å². The van der Waals surface area contributed by atoms with Gasteiger partial charge in [-0.05, 0) is 42.3 Å². The number of benzene rings is 2. The lowest BCUT2D eigenvalue weighted by Crippen LogP contribution is -2.43. The van der Waals surface area contributed by atoms with Gasteiger partial charge >= 0.3 is 0 Å². The number of nitrogens with zero attached hydrogens (tertiary/aromatic N) is 3. The molecule has 0 unspecified atom stereocenters. The minimum absolute atomic E-state index is 0.207. The van der Waals surface area contributed by atoms with Gasteiger partial charge in [0.1, 0.15) is 17.9 Å². The highest BCUT2D eigenvalue weighted by Crippen LogP contribution is 2.32. The maximum absolute atomic E-state index is 13.2. The quantitative estimate of drug-likeness (QED) is 0.686. The topological polar surface area (TPSA) is 66.7 Å². The molecule has 3 heterocycles. The van der Waals surface area contributed by atoms with Gasteiger partial charge in [-0.3, -0.25) is 14.2 Å². The molecule has 0 aliphatic carbocycles. The Balaban J connectivity index is 1.61. The van der Waals surface area contributed by atoms with Crippen molar-refractivity contribution in [2.45, 2.75) is 20.0 Å². The smallest absolute Gasteiger partial charge is 0.272 e. The van der Waals surface area contributed by atoms with E-state index in [-0.39, 0.29) is 11.5 Å². The van der Waals surface area contributed by atoms with Crippen LogP contribution in [-0.4, -0.2) is 17.1 Å². The molecule has 0 saturated carbocycles. The summed E-state index contributed by atoms with van der Waals surface area (Å²) in [7, 11) is 0. The molecule has 0 fully saturated rings. The summed E-state index contributed by atoms with van der Waals surface area (Å²) >= 11 is 7.37. The predicted octanol–water partition coefficient (Wildman–Crippen LogP) is 2.33. The van der Waals surface area contributed by atoms with Gasteiger partial charge in [0.05, 0.1) is 5.57 Å². The monoisotopic (exact) mass is 424 g/mol. The Morgan fingerprint density at radius 2 is 1.97 bits per heavy atom. The number of carbonyl (C=O) groups is 1. The highest BCUT2D eigenvalue weighted by Gasteiger charge is 2.28. The van der Waals surface area contributed by atoms with Crippen LogP contribution in [0.3, 0.4) is 0 Å². The first-order chi connectivity index (χ1) is 14.0. The van der Waals surface area contributed by atoms with E-state index in [2.05, 4.69) is 41.5 Å². The molecule has 5 rings (SSSR count). The molecule has 0 radical (unpaired) electrons. The van der Waals surface area contributed by atoms with E-state index in [0.29, 0.717) is 44.5 Å². The molecule has 146 valence electrons. The van der Waals surface area contributed by atoms with Crippen LogP contribution in [0.2, 0.25) is 5.02 Å². The molecule has 3 aromatic rings. The van der Waals surface area contributed by atoms with Gasteiger partial charge in [-0.15, -0.1) is 0 Å². The number of nitrogens with one attached hydrogen (secondary N) is 1. The van der Waals surface area contributed by atoms with Gasteiger partial charge in [0.25, 0.3) is 11.5 Å². The van der Waals surface area contributed by atoms with E-state index in [1.54, 1.807) is 22.8 Å². The number of hydrogen-bond acceptors (Lipinski definition) is 5. The van der Waals surface area contributed by atoms with E-state index in [1.165, 1.54) is 16.9 Å². The number of rotatable bonds is 2. The van der Waals surface area contributed by atoms with Gasteiger partial charge in [0.2, 0.25) is 0 Å². The maximum Gasteiger partial charge on any atom is 0.272 e. The molecule has 2 aliphatic heterocycles. The average Bonchev–Trinajstić information content (AvgIpc) is 3.23. The van der Waals surface area contributed by atoms with Gasteiger partial charge in [0.15, 0.2) is 4.80 Å². The van der Waals surface area contributed by atoms with Crippen molar-refractivity contribution < 1.29 is 4.79 Å². The summed E-state index contributed by atoms with van der Waals surface area (Å²) in [6.07, 6.45) is 0.980. The summed E-state index contributed by atoms with van der Waals surface area (Å²) in [5.74, 6) is -0.287. The zero-order valence-electron chi connectivity index (χ0n) is 15.6. The minimum Gasteiger partial charge on any atom is -0.334 e. The fourth-order valence-corrected chi connectivity index (χ4v) is 4.86. The Morgan fingerprint density at radius 1 is 1.17 bits per heavy atom. The Hall–Kier alpha value is -2.90. The number of aryl methyl sites for hydroxylation is 1. The number of thiazole rings is 1. The molecule has 2 aromatic carbocycles. The summed E-state index contributed by atoms with van der Waals surface area (Å²) in [4.78, 5) is 33.0. The maximum atomic E-state index is 13.2. The fraction of sp³-hybridized carbons (Fsp3) is 0.190. The highest BCUT2D eigenvalue weighted by molar-refractivity contribution is 7.07. The van der Waals surface area contributed by atoms with Gasteiger partial charge in [0, 0.05) is 22.0 Å². The van der Waals surface area contributed by atoms with Crippen molar-refractivity contribution in [2.75, 3.05) is 16.9 Å². The van der Waals surface area contributed by atoms with Crippen LogP contribution in [0.1, 0.15) is 18.1 Å². The minimum atomic E-state index is -0.287. The molecule has 2 aliphatic rings. The fourth-order valence-electron chi connectivity index (χ4n) is 3.63. The molecule has 0 atom stereocenters. The lowest BCUT2D eigenvalue weighted by molar-refractivity contribution is -0.110. The number of amides is 1. The first kappa shape index (κ1) is 18.1. The first-order valence-corrected chi connectivity index (χ1v) is 10.5. The van der Waals surface area contributed by atoms with Crippen molar-refractivity contribution in [3.8, 4) is 0 Å². The van der Waals surface area contributed by atoms with Crippen LogP contribution in [0.5, 0.6) is 0 Å². The normalized spacial score (nSPS) is 16.9. The number of carbonyl (C=O) groups excluding carboxylic acids is 1. The summed E-state index contributed by atoms with van der Waals surface area (Å²) < 4.78 is 2.02. The largest absolute Gasteiger partial charge is 0.334 e. The lowest BCUT2D eigenvalue weighted by Gasteiger charge is -2.25. The molecule has 1 amide bonds. The molecule has 8 heteroatoms. The molecular weight excluding hydrogens is 408 g/mol. The van der Waals surface area contributed by atoms with Crippen molar-refractivity contribution in [1.82, 2.24) is 4.57 Å². The Kier molecular flexibility index (Phi) is 4.29. The third-order valence-electron chi connectivity index (χ3n) is 5.22. The summed E-state index contributed by atoms with van der Waals surface area (Å²) in [6.45, 7) is 2.98.